The van der Waals surface area contributed by atoms with Crippen LogP contribution in [0.15, 0.2) is 18.2 Å². The Bertz CT molecular complexity index is 594. The molecule has 0 heterocycles. The summed E-state index contributed by atoms with van der Waals surface area (Å²) in [5.41, 5.74) is 2.70. The molecule has 20 heavy (non-hydrogen) atoms. The van der Waals surface area contributed by atoms with Crippen molar-refractivity contribution in [3.63, 3.8) is 0 Å². The van der Waals surface area contributed by atoms with Gasteiger partial charge in [-0.1, -0.05) is 12.1 Å². The van der Waals surface area contributed by atoms with Crippen molar-refractivity contribution in [1.82, 2.24) is 4.31 Å². The zero-order valence-corrected chi connectivity index (χ0v) is 13.4. The lowest BCUT2D eigenvalue weighted by Crippen LogP contribution is -2.41. The number of hydrogen-bond donors (Lipinski definition) is 1. The third kappa shape index (κ3) is 4.61. The van der Waals surface area contributed by atoms with Crippen molar-refractivity contribution < 1.29 is 13.2 Å². The van der Waals surface area contributed by atoms with Crippen LogP contribution in [0.25, 0.3) is 0 Å². The van der Waals surface area contributed by atoms with E-state index >= 15 is 0 Å². The molecule has 1 rings (SSSR count). The highest BCUT2D eigenvalue weighted by molar-refractivity contribution is 7.88. The molecule has 0 fully saturated rings. The highest BCUT2D eigenvalue weighted by Crippen LogP contribution is 2.16. The molecule has 0 aromatic heterocycles. The first-order valence-corrected chi connectivity index (χ1v) is 8.30. The summed E-state index contributed by atoms with van der Waals surface area (Å²) < 4.78 is 24.4. The SMILES string of the molecule is Cc1ccc(C)c(NC(=O)CN(C(C)C)S(C)(=O)=O)c1. The van der Waals surface area contributed by atoms with Crippen LogP contribution in [0.4, 0.5) is 5.69 Å². The largest absolute Gasteiger partial charge is 0.325 e. The monoisotopic (exact) mass is 298 g/mol. The summed E-state index contributed by atoms with van der Waals surface area (Å²) in [5, 5.41) is 2.76. The van der Waals surface area contributed by atoms with Crippen LogP contribution >= 0.6 is 0 Å². The fourth-order valence-electron chi connectivity index (χ4n) is 1.88. The molecule has 0 radical (unpaired) electrons. The Morgan fingerprint density at radius 2 is 1.90 bits per heavy atom. The van der Waals surface area contributed by atoms with E-state index in [4.69, 9.17) is 0 Å². The van der Waals surface area contributed by atoms with Gasteiger partial charge in [-0.25, -0.2) is 8.42 Å². The number of rotatable bonds is 5. The van der Waals surface area contributed by atoms with E-state index in [1.807, 2.05) is 32.0 Å². The van der Waals surface area contributed by atoms with Gasteiger partial charge >= 0.3 is 0 Å². The first kappa shape index (κ1) is 16.7. The summed E-state index contributed by atoms with van der Waals surface area (Å²) in [4.78, 5) is 12.0. The Labute approximate surface area is 121 Å². The second-order valence-corrected chi connectivity index (χ2v) is 7.20. The second-order valence-electron chi connectivity index (χ2n) is 5.27. The van der Waals surface area contributed by atoms with E-state index in [1.54, 1.807) is 13.8 Å². The summed E-state index contributed by atoms with van der Waals surface area (Å²) >= 11 is 0. The van der Waals surface area contributed by atoms with Crippen LogP contribution in [-0.2, 0) is 14.8 Å². The maximum atomic E-state index is 12.0. The van der Waals surface area contributed by atoms with Crippen molar-refractivity contribution >= 4 is 21.6 Å². The molecule has 112 valence electrons. The Kier molecular flexibility index (Phi) is 5.30. The van der Waals surface area contributed by atoms with Crippen LogP contribution in [0.3, 0.4) is 0 Å². The lowest BCUT2D eigenvalue weighted by molar-refractivity contribution is -0.116. The van der Waals surface area contributed by atoms with Crippen LogP contribution in [-0.4, -0.2) is 37.5 Å². The number of nitrogens with zero attached hydrogens (tertiary/aromatic N) is 1. The molecule has 1 aromatic rings. The smallest absolute Gasteiger partial charge is 0.239 e. The molecular weight excluding hydrogens is 276 g/mol. The fraction of sp³-hybridized carbons (Fsp3) is 0.500. The number of sulfonamides is 1. The topological polar surface area (TPSA) is 66.5 Å². The minimum absolute atomic E-state index is 0.177. The molecule has 1 N–H and O–H groups in total. The van der Waals surface area contributed by atoms with E-state index in [0.717, 1.165) is 17.4 Å². The number of carbonyl (C=O) groups excluding carboxylic acids is 1. The van der Waals surface area contributed by atoms with E-state index in [0.29, 0.717) is 5.69 Å². The van der Waals surface area contributed by atoms with Gasteiger partial charge in [0.15, 0.2) is 0 Å². The number of nitrogens with one attached hydrogen (secondary N) is 1. The van der Waals surface area contributed by atoms with Crippen molar-refractivity contribution in [3.05, 3.63) is 29.3 Å². The quantitative estimate of drug-likeness (QED) is 0.903. The van der Waals surface area contributed by atoms with Crippen molar-refractivity contribution in [2.24, 2.45) is 0 Å². The molecule has 0 spiro atoms. The summed E-state index contributed by atoms with van der Waals surface area (Å²) in [6.07, 6.45) is 1.11. The number of carbonyl (C=O) groups is 1. The molecule has 0 unspecified atom stereocenters. The summed E-state index contributed by atoms with van der Waals surface area (Å²) in [7, 11) is -3.40. The average molecular weight is 298 g/mol. The maximum absolute atomic E-state index is 12.0. The van der Waals surface area contributed by atoms with E-state index in [2.05, 4.69) is 5.32 Å². The third-order valence-corrected chi connectivity index (χ3v) is 4.37. The summed E-state index contributed by atoms with van der Waals surface area (Å²) in [5.74, 6) is -0.335. The average Bonchev–Trinajstić information content (AvgIpc) is 2.29. The van der Waals surface area contributed by atoms with Gasteiger partial charge in [-0.05, 0) is 44.9 Å². The molecule has 0 aliphatic rings. The zero-order valence-electron chi connectivity index (χ0n) is 12.6. The number of anilines is 1. The minimum atomic E-state index is -3.40. The van der Waals surface area contributed by atoms with Gasteiger partial charge in [-0.2, -0.15) is 4.31 Å². The second kappa shape index (κ2) is 6.37. The molecule has 1 aromatic carbocycles. The molecule has 0 saturated carbocycles. The van der Waals surface area contributed by atoms with Crippen LogP contribution in [0.5, 0.6) is 0 Å². The number of benzene rings is 1. The molecule has 0 atom stereocenters. The molecule has 0 saturated heterocycles. The van der Waals surface area contributed by atoms with Crippen LogP contribution in [0.2, 0.25) is 0 Å². The molecule has 5 nitrogen and oxygen atoms in total. The van der Waals surface area contributed by atoms with Crippen molar-refractivity contribution in [2.75, 3.05) is 18.1 Å². The van der Waals surface area contributed by atoms with Crippen LogP contribution in [0, 0.1) is 13.8 Å². The molecule has 0 aliphatic carbocycles. The summed E-state index contributed by atoms with van der Waals surface area (Å²) in [6, 6.07) is 5.49. The Morgan fingerprint density at radius 3 is 2.40 bits per heavy atom. The normalized spacial score (nSPS) is 11.9. The van der Waals surface area contributed by atoms with E-state index in [1.165, 1.54) is 4.31 Å². The van der Waals surface area contributed by atoms with Gasteiger partial charge < -0.3 is 5.32 Å². The van der Waals surface area contributed by atoms with Crippen LogP contribution < -0.4 is 5.32 Å². The van der Waals surface area contributed by atoms with Crippen molar-refractivity contribution in [2.45, 2.75) is 33.7 Å². The number of amides is 1. The lowest BCUT2D eigenvalue weighted by Gasteiger charge is -2.23. The highest BCUT2D eigenvalue weighted by Gasteiger charge is 2.23. The summed E-state index contributed by atoms with van der Waals surface area (Å²) in [6.45, 7) is 7.14. The van der Waals surface area contributed by atoms with Gasteiger partial charge in [0.25, 0.3) is 0 Å². The van der Waals surface area contributed by atoms with Gasteiger partial charge in [-0.3, -0.25) is 4.79 Å². The number of aryl methyl sites for hydroxylation is 2. The molecule has 0 aliphatic heterocycles. The first-order chi connectivity index (χ1) is 9.11. The molecule has 1 amide bonds. The first-order valence-electron chi connectivity index (χ1n) is 6.45. The Balaban J connectivity index is 2.84. The van der Waals surface area contributed by atoms with Crippen molar-refractivity contribution in [3.8, 4) is 0 Å². The van der Waals surface area contributed by atoms with Gasteiger partial charge in [0.2, 0.25) is 15.9 Å². The van der Waals surface area contributed by atoms with Gasteiger partial charge in [0.1, 0.15) is 0 Å². The Morgan fingerprint density at radius 1 is 1.30 bits per heavy atom. The predicted octanol–water partition coefficient (Wildman–Crippen LogP) is 1.91. The predicted molar refractivity (Wildman–Crippen MR) is 81.2 cm³/mol. The molecular formula is C14H22N2O3S. The third-order valence-electron chi connectivity index (χ3n) is 2.97. The highest BCUT2D eigenvalue weighted by atomic mass is 32.2. The standard InChI is InChI=1S/C14H22N2O3S/c1-10(2)16(20(5,18)19)9-14(17)15-13-8-11(3)6-7-12(13)4/h6-8,10H,9H2,1-5H3,(H,15,17). The minimum Gasteiger partial charge on any atom is -0.325 e. The Hall–Kier alpha value is -1.40. The lowest BCUT2D eigenvalue weighted by atomic mass is 10.1. The number of hydrogen-bond acceptors (Lipinski definition) is 3. The van der Waals surface area contributed by atoms with E-state index < -0.39 is 10.0 Å². The van der Waals surface area contributed by atoms with Gasteiger partial charge in [-0.15, -0.1) is 0 Å². The van der Waals surface area contributed by atoms with Crippen LogP contribution in [0.1, 0.15) is 25.0 Å². The van der Waals surface area contributed by atoms with Gasteiger partial charge in [0.05, 0.1) is 12.8 Å². The molecule has 0 bridgehead atoms. The molecule has 6 heteroatoms. The maximum Gasteiger partial charge on any atom is 0.239 e. The van der Waals surface area contributed by atoms with Gasteiger partial charge in [0, 0.05) is 11.7 Å². The zero-order chi connectivity index (χ0) is 15.5. The van der Waals surface area contributed by atoms with Crippen molar-refractivity contribution in [1.29, 1.82) is 0 Å². The van der Waals surface area contributed by atoms with E-state index in [9.17, 15) is 13.2 Å². The van der Waals surface area contributed by atoms with E-state index in [-0.39, 0.29) is 18.5 Å². The fourth-order valence-corrected chi connectivity index (χ4v) is 3.00.